The fraction of sp³-hybridized carbons (Fsp3) is 0.400. The van der Waals surface area contributed by atoms with E-state index in [1.165, 1.54) is 0 Å². The monoisotopic (exact) mass is 249 g/mol. The molecule has 8 heteroatoms. The van der Waals surface area contributed by atoms with Crippen LogP contribution in [0, 0.1) is 0 Å². The third-order valence-corrected chi connectivity index (χ3v) is 2.09. The molecule has 0 amide bonds. The van der Waals surface area contributed by atoms with E-state index in [-0.39, 0.29) is 6.61 Å². The maximum Gasteiger partial charge on any atom is 0.241 e. The Hall–Kier alpha value is -2.22. The molecule has 0 aliphatic rings. The molecule has 2 aromatic rings. The average molecular weight is 249 g/mol. The molecular formula is C10H15N7O. The number of anilines is 2. The van der Waals surface area contributed by atoms with E-state index in [4.69, 9.17) is 5.11 Å². The summed E-state index contributed by atoms with van der Waals surface area (Å²) < 4.78 is 1.69. The van der Waals surface area contributed by atoms with E-state index in [9.17, 15) is 0 Å². The number of aliphatic hydroxyl groups is 1. The smallest absolute Gasteiger partial charge is 0.241 e. The van der Waals surface area contributed by atoms with Crippen LogP contribution in [0.2, 0.25) is 0 Å². The van der Waals surface area contributed by atoms with Crippen molar-refractivity contribution in [3.8, 4) is 5.95 Å². The van der Waals surface area contributed by atoms with Gasteiger partial charge >= 0.3 is 0 Å². The minimum Gasteiger partial charge on any atom is -0.395 e. The quantitative estimate of drug-likeness (QED) is 0.656. The van der Waals surface area contributed by atoms with Gasteiger partial charge in [0.15, 0.2) is 0 Å². The van der Waals surface area contributed by atoms with Crippen LogP contribution in [0.5, 0.6) is 0 Å². The first-order valence-electron chi connectivity index (χ1n) is 5.66. The molecule has 2 rings (SSSR count). The lowest BCUT2D eigenvalue weighted by Gasteiger charge is -2.08. The fourth-order valence-corrected chi connectivity index (χ4v) is 1.34. The molecule has 96 valence electrons. The number of nitrogens with zero attached hydrogens (tertiary/aromatic N) is 5. The van der Waals surface area contributed by atoms with Crippen LogP contribution in [0.1, 0.15) is 6.92 Å². The van der Waals surface area contributed by atoms with Gasteiger partial charge in [-0.2, -0.15) is 15.0 Å². The van der Waals surface area contributed by atoms with Crippen LogP contribution >= 0.6 is 0 Å². The normalized spacial score (nSPS) is 10.3. The highest BCUT2D eigenvalue weighted by Crippen LogP contribution is 2.08. The molecule has 18 heavy (non-hydrogen) atoms. The zero-order valence-electron chi connectivity index (χ0n) is 10.0. The summed E-state index contributed by atoms with van der Waals surface area (Å²) in [5.74, 6) is 1.37. The Kier molecular flexibility index (Phi) is 4.02. The predicted octanol–water partition coefficient (Wildman–Crippen LogP) is -0.107. The second-order valence-electron chi connectivity index (χ2n) is 3.43. The Bertz CT molecular complexity index is 485. The highest BCUT2D eigenvalue weighted by molar-refractivity contribution is 5.37. The first-order chi connectivity index (χ1) is 8.83. The van der Waals surface area contributed by atoms with Crippen LogP contribution in [0.4, 0.5) is 11.9 Å². The molecule has 0 fully saturated rings. The number of aromatic nitrogens is 5. The van der Waals surface area contributed by atoms with Crippen LogP contribution in [0.15, 0.2) is 18.7 Å². The van der Waals surface area contributed by atoms with Crippen molar-refractivity contribution in [3.05, 3.63) is 18.7 Å². The Labute approximate surface area is 104 Å². The van der Waals surface area contributed by atoms with E-state index < -0.39 is 0 Å². The minimum atomic E-state index is 0.0165. The van der Waals surface area contributed by atoms with Crippen molar-refractivity contribution in [1.29, 1.82) is 0 Å². The summed E-state index contributed by atoms with van der Waals surface area (Å²) in [6.45, 7) is 3.08. The highest BCUT2D eigenvalue weighted by Gasteiger charge is 2.06. The third-order valence-electron chi connectivity index (χ3n) is 2.09. The number of nitrogens with one attached hydrogen (secondary N) is 2. The molecule has 2 aromatic heterocycles. The maximum atomic E-state index is 8.79. The van der Waals surface area contributed by atoms with Crippen LogP contribution in [0.25, 0.3) is 5.95 Å². The summed E-state index contributed by atoms with van der Waals surface area (Å²) in [5.41, 5.74) is 0. The summed E-state index contributed by atoms with van der Waals surface area (Å²) in [6.07, 6.45) is 5.01. The van der Waals surface area contributed by atoms with Crippen molar-refractivity contribution in [3.63, 3.8) is 0 Å². The standard InChI is InChI=1S/C10H15N7O/c1-2-12-8-14-9(13-4-6-18)16-10(15-8)17-5-3-11-7-17/h3,5,7,18H,2,4,6H2,1H3,(H2,12,13,14,15,16). The Morgan fingerprint density at radius 3 is 2.61 bits per heavy atom. The zero-order chi connectivity index (χ0) is 12.8. The van der Waals surface area contributed by atoms with Crippen molar-refractivity contribution < 1.29 is 5.11 Å². The first-order valence-corrected chi connectivity index (χ1v) is 5.66. The largest absolute Gasteiger partial charge is 0.395 e. The van der Waals surface area contributed by atoms with E-state index in [2.05, 4.69) is 30.6 Å². The van der Waals surface area contributed by atoms with Gasteiger partial charge < -0.3 is 15.7 Å². The number of aliphatic hydroxyl groups excluding tert-OH is 1. The van der Waals surface area contributed by atoms with E-state index in [0.717, 1.165) is 0 Å². The van der Waals surface area contributed by atoms with Crippen molar-refractivity contribution in [2.24, 2.45) is 0 Å². The maximum absolute atomic E-state index is 8.79. The minimum absolute atomic E-state index is 0.0165. The molecule has 0 atom stereocenters. The number of hydrogen-bond acceptors (Lipinski definition) is 7. The average Bonchev–Trinajstić information content (AvgIpc) is 2.90. The lowest BCUT2D eigenvalue weighted by molar-refractivity contribution is 0.311. The second-order valence-corrected chi connectivity index (χ2v) is 3.43. The van der Waals surface area contributed by atoms with Gasteiger partial charge in [0.25, 0.3) is 0 Å². The van der Waals surface area contributed by atoms with Gasteiger partial charge in [-0.25, -0.2) is 4.98 Å². The number of rotatable bonds is 6. The van der Waals surface area contributed by atoms with Gasteiger partial charge in [-0.15, -0.1) is 0 Å². The number of imidazole rings is 1. The van der Waals surface area contributed by atoms with E-state index in [1.807, 2.05) is 6.92 Å². The molecule has 0 aliphatic heterocycles. The lowest BCUT2D eigenvalue weighted by atomic mass is 10.6. The Morgan fingerprint density at radius 1 is 1.22 bits per heavy atom. The van der Waals surface area contributed by atoms with Crippen molar-refractivity contribution in [2.45, 2.75) is 6.92 Å². The molecule has 0 radical (unpaired) electrons. The molecule has 3 N–H and O–H groups in total. The molecule has 0 aromatic carbocycles. The molecule has 0 bridgehead atoms. The third kappa shape index (κ3) is 2.92. The molecule has 0 spiro atoms. The van der Waals surface area contributed by atoms with Crippen molar-refractivity contribution in [2.75, 3.05) is 30.3 Å². The topological polar surface area (TPSA) is 101 Å². The van der Waals surface area contributed by atoms with Crippen LogP contribution in [-0.4, -0.2) is 49.3 Å². The summed E-state index contributed by atoms with van der Waals surface area (Å²) in [7, 11) is 0. The summed E-state index contributed by atoms with van der Waals surface area (Å²) >= 11 is 0. The Balaban J connectivity index is 2.30. The summed E-state index contributed by atoms with van der Waals surface area (Å²) in [4.78, 5) is 16.6. The molecule has 0 aliphatic carbocycles. The van der Waals surface area contributed by atoms with E-state index >= 15 is 0 Å². The van der Waals surface area contributed by atoms with Gasteiger partial charge in [-0.3, -0.25) is 4.57 Å². The predicted molar refractivity (Wildman–Crippen MR) is 66.7 cm³/mol. The van der Waals surface area contributed by atoms with E-state index in [1.54, 1.807) is 23.3 Å². The molecular weight excluding hydrogens is 234 g/mol. The SMILES string of the molecule is CCNc1nc(NCCO)nc(-n2ccnc2)n1. The van der Waals surface area contributed by atoms with E-state index in [0.29, 0.717) is 30.9 Å². The molecule has 0 saturated carbocycles. The van der Waals surface area contributed by atoms with Gasteiger partial charge in [-0.1, -0.05) is 0 Å². The molecule has 0 unspecified atom stereocenters. The number of hydrogen-bond donors (Lipinski definition) is 3. The second kappa shape index (κ2) is 5.92. The summed E-state index contributed by atoms with van der Waals surface area (Å²) in [5, 5.41) is 14.7. The zero-order valence-corrected chi connectivity index (χ0v) is 10.0. The summed E-state index contributed by atoms with van der Waals surface area (Å²) in [6, 6.07) is 0. The first kappa shape index (κ1) is 12.2. The Morgan fingerprint density at radius 2 is 2.00 bits per heavy atom. The van der Waals surface area contributed by atoms with Crippen molar-refractivity contribution in [1.82, 2.24) is 24.5 Å². The molecule has 0 saturated heterocycles. The van der Waals surface area contributed by atoms with Gasteiger partial charge in [0.1, 0.15) is 6.33 Å². The molecule has 8 nitrogen and oxygen atoms in total. The van der Waals surface area contributed by atoms with Gasteiger partial charge in [0.2, 0.25) is 17.8 Å². The van der Waals surface area contributed by atoms with Crippen molar-refractivity contribution >= 4 is 11.9 Å². The molecule has 2 heterocycles. The lowest BCUT2D eigenvalue weighted by Crippen LogP contribution is -2.14. The van der Waals surface area contributed by atoms with Crippen LogP contribution in [0.3, 0.4) is 0 Å². The van der Waals surface area contributed by atoms with Crippen LogP contribution < -0.4 is 10.6 Å². The van der Waals surface area contributed by atoms with Gasteiger partial charge in [0, 0.05) is 25.5 Å². The highest BCUT2D eigenvalue weighted by atomic mass is 16.3. The van der Waals surface area contributed by atoms with Crippen LogP contribution in [-0.2, 0) is 0 Å². The van der Waals surface area contributed by atoms with Gasteiger partial charge in [0.05, 0.1) is 6.61 Å². The van der Waals surface area contributed by atoms with Gasteiger partial charge in [-0.05, 0) is 6.92 Å². The fourth-order valence-electron chi connectivity index (χ4n) is 1.34.